The summed E-state index contributed by atoms with van der Waals surface area (Å²) in [4.78, 5) is 3.87. The molecule has 0 amide bonds. The van der Waals surface area contributed by atoms with Crippen LogP contribution in [0.5, 0.6) is 5.75 Å². The molecule has 1 aliphatic heterocycles. The van der Waals surface area contributed by atoms with Gasteiger partial charge in [0.25, 0.3) is 0 Å². The van der Waals surface area contributed by atoms with Crippen molar-refractivity contribution < 1.29 is 9.84 Å². The van der Waals surface area contributed by atoms with Gasteiger partial charge in [0.2, 0.25) is 12.0 Å². The molecule has 2 aromatic carbocycles. The molecule has 0 aromatic heterocycles. The van der Waals surface area contributed by atoms with E-state index in [0.717, 1.165) is 22.3 Å². The third kappa shape index (κ3) is 2.60. The van der Waals surface area contributed by atoms with Crippen LogP contribution in [-0.2, 0) is 0 Å². The second-order valence-corrected chi connectivity index (χ2v) is 4.90. The normalized spacial score (nSPS) is 16.1. The van der Waals surface area contributed by atoms with Crippen LogP contribution in [0, 0.1) is 13.1 Å². The molecule has 4 nitrogen and oxygen atoms in total. The minimum absolute atomic E-state index is 0.699. The number of aliphatic hydroxyl groups is 1. The van der Waals surface area contributed by atoms with E-state index < -0.39 is 6.29 Å². The van der Waals surface area contributed by atoms with Crippen LogP contribution in [0.15, 0.2) is 42.5 Å². The molecule has 0 fully saturated rings. The number of hydrogen-bond acceptors (Lipinski definition) is 3. The van der Waals surface area contributed by atoms with Crippen LogP contribution in [0.25, 0.3) is 16.5 Å². The largest absolute Gasteiger partial charge is 0.460 e. The lowest BCUT2D eigenvalue weighted by molar-refractivity contribution is 0.0319. The number of aryl methyl sites for hydroxylation is 1. The fourth-order valence-electron chi connectivity index (χ4n) is 2.31. The van der Waals surface area contributed by atoms with Crippen LogP contribution in [0.4, 0.5) is 5.69 Å². The first-order chi connectivity index (χ1) is 10.2. The van der Waals surface area contributed by atoms with Gasteiger partial charge in [-0.05, 0) is 42.3 Å². The summed E-state index contributed by atoms with van der Waals surface area (Å²) < 4.78 is 5.59. The zero-order valence-electron chi connectivity index (χ0n) is 11.6. The van der Waals surface area contributed by atoms with Crippen LogP contribution < -0.4 is 10.5 Å². The highest BCUT2D eigenvalue weighted by atomic mass is 16.6. The number of ether oxygens (including phenoxy) is 1. The molecule has 2 aromatic rings. The highest BCUT2D eigenvalue weighted by Gasteiger charge is 2.21. The van der Waals surface area contributed by atoms with Gasteiger partial charge in [0.05, 0.1) is 0 Å². The summed E-state index contributed by atoms with van der Waals surface area (Å²) in [7, 11) is 0. The third-order valence-corrected chi connectivity index (χ3v) is 3.38. The molecular weight excluding hydrogens is 264 g/mol. The molecule has 1 aliphatic rings. The van der Waals surface area contributed by atoms with Gasteiger partial charge in [0.15, 0.2) is 0 Å². The standard InChI is InChI=1S/C17H14N2O2/c1-11-2-3-13-9-15(17(20)21-16(13)8-11)12-4-6-14(7-5-12)19-10-18/h2-9,17-18,20H,1H3/p+1. The van der Waals surface area contributed by atoms with Crippen LogP contribution in [-0.4, -0.2) is 11.4 Å². The van der Waals surface area contributed by atoms with Gasteiger partial charge in [-0.3, -0.25) is 0 Å². The van der Waals surface area contributed by atoms with E-state index in [1.165, 1.54) is 0 Å². The minimum Gasteiger partial charge on any atom is -0.460 e. The van der Waals surface area contributed by atoms with Crippen LogP contribution in [0.2, 0.25) is 0 Å². The van der Waals surface area contributed by atoms with Crippen molar-refractivity contribution in [3.8, 4) is 11.9 Å². The molecule has 104 valence electrons. The smallest absolute Gasteiger partial charge is 0.372 e. The summed E-state index contributed by atoms with van der Waals surface area (Å²) in [5, 5.41) is 10.2. The zero-order chi connectivity index (χ0) is 14.8. The van der Waals surface area contributed by atoms with Crippen molar-refractivity contribution in [3.05, 3.63) is 64.0 Å². The lowest BCUT2D eigenvalue weighted by atomic mass is 9.98. The lowest BCUT2D eigenvalue weighted by Crippen LogP contribution is -2.21. The Bertz CT molecular complexity index is 768. The summed E-state index contributed by atoms with van der Waals surface area (Å²) in [6, 6.07) is 13.3. The molecule has 3 N–H and O–H groups in total. The molecule has 0 radical (unpaired) electrons. The first-order valence-electron chi connectivity index (χ1n) is 6.61. The summed E-state index contributed by atoms with van der Waals surface area (Å²) >= 11 is 0. The number of nitrogens with zero attached hydrogens (tertiary/aromatic N) is 1. The molecule has 0 saturated carbocycles. The van der Waals surface area contributed by atoms with Gasteiger partial charge < -0.3 is 9.84 Å². The monoisotopic (exact) mass is 279 g/mol. The molecule has 1 heterocycles. The van der Waals surface area contributed by atoms with Crippen molar-refractivity contribution in [2.24, 2.45) is 5.73 Å². The van der Waals surface area contributed by atoms with E-state index in [0.29, 0.717) is 11.4 Å². The molecule has 1 atom stereocenters. The molecule has 3 rings (SSSR count). The van der Waals surface area contributed by atoms with Crippen LogP contribution in [0.3, 0.4) is 0 Å². The number of aliphatic hydroxyl groups excluding tert-OH is 1. The Morgan fingerprint density at radius 1 is 1.19 bits per heavy atom. The molecule has 0 spiro atoms. The number of hydrogen-bond donors (Lipinski definition) is 2. The Balaban J connectivity index is 2.00. The highest BCUT2D eigenvalue weighted by Crippen LogP contribution is 2.34. The predicted octanol–water partition coefficient (Wildman–Crippen LogP) is 3.13. The maximum absolute atomic E-state index is 10.2. The summed E-state index contributed by atoms with van der Waals surface area (Å²) in [5.41, 5.74) is 9.51. The van der Waals surface area contributed by atoms with E-state index in [4.69, 9.17) is 10.5 Å². The van der Waals surface area contributed by atoms with Crippen LogP contribution in [0.1, 0.15) is 16.7 Å². The first-order valence-corrected chi connectivity index (χ1v) is 6.61. The van der Waals surface area contributed by atoms with Gasteiger partial charge in [-0.1, -0.05) is 12.1 Å². The summed E-state index contributed by atoms with van der Waals surface area (Å²) in [6.45, 7) is 1.99. The van der Waals surface area contributed by atoms with Gasteiger partial charge in [0.1, 0.15) is 5.75 Å². The summed E-state index contributed by atoms with van der Waals surface area (Å²) in [5.74, 6) is 0.699. The average molecular weight is 279 g/mol. The molecule has 0 aliphatic carbocycles. The lowest BCUT2D eigenvalue weighted by Gasteiger charge is -2.23. The number of benzene rings is 2. The van der Waals surface area contributed by atoms with Crippen molar-refractivity contribution in [3.63, 3.8) is 0 Å². The second kappa shape index (κ2) is 5.31. The Kier molecular flexibility index (Phi) is 3.35. The number of fused-ring (bicyclic) bond motifs is 1. The predicted molar refractivity (Wildman–Crippen MR) is 83.2 cm³/mol. The van der Waals surface area contributed by atoms with Gasteiger partial charge in [0, 0.05) is 23.3 Å². The van der Waals surface area contributed by atoms with E-state index in [1.54, 1.807) is 0 Å². The molecule has 4 heteroatoms. The van der Waals surface area contributed by atoms with E-state index in [-0.39, 0.29) is 0 Å². The first kappa shape index (κ1) is 13.2. The maximum Gasteiger partial charge on any atom is 0.372 e. The Morgan fingerprint density at radius 2 is 1.95 bits per heavy atom. The SMILES string of the molecule is Cc1ccc2c(c1)OC(O)C(c1ccc([N+]#CN)cc1)=C2. The van der Waals surface area contributed by atoms with Crippen molar-refractivity contribution in [2.75, 3.05) is 0 Å². The topological polar surface area (TPSA) is 59.8 Å². The number of nitrogens with two attached hydrogens (primary N) is 1. The second-order valence-electron chi connectivity index (χ2n) is 4.90. The summed E-state index contributed by atoms with van der Waals surface area (Å²) in [6.07, 6.45) is 3.21. The molecular formula is C17H15N2O2+. The van der Waals surface area contributed by atoms with Crippen molar-refractivity contribution in [2.45, 2.75) is 13.2 Å². The fourth-order valence-corrected chi connectivity index (χ4v) is 2.31. The van der Waals surface area contributed by atoms with Crippen molar-refractivity contribution >= 4 is 17.3 Å². The van der Waals surface area contributed by atoms with E-state index in [9.17, 15) is 5.11 Å². The Hall–Kier alpha value is -2.77. The van der Waals surface area contributed by atoms with Crippen molar-refractivity contribution in [1.82, 2.24) is 0 Å². The van der Waals surface area contributed by atoms with E-state index in [1.807, 2.05) is 55.5 Å². The van der Waals surface area contributed by atoms with Crippen molar-refractivity contribution in [1.29, 1.82) is 0 Å². The molecule has 0 bridgehead atoms. The Labute approximate surface area is 122 Å². The quantitative estimate of drug-likeness (QED) is 0.623. The van der Waals surface area contributed by atoms with Gasteiger partial charge in [-0.2, -0.15) is 4.85 Å². The Morgan fingerprint density at radius 3 is 2.67 bits per heavy atom. The van der Waals surface area contributed by atoms with Gasteiger partial charge >= 0.3 is 6.19 Å². The molecule has 0 saturated heterocycles. The van der Waals surface area contributed by atoms with Gasteiger partial charge in [-0.15, -0.1) is 0 Å². The zero-order valence-corrected chi connectivity index (χ0v) is 11.6. The molecule has 1 unspecified atom stereocenters. The minimum atomic E-state index is -0.977. The van der Waals surface area contributed by atoms with E-state index >= 15 is 0 Å². The highest BCUT2D eigenvalue weighted by molar-refractivity contribution is 5.86. The van der Waals surface area contributed by atoms with E-state index in [2.05, 4.69) is 11.0 Å². The molecule has 21 heavy (non-hydrogen) atoms. The third-order valence-electron chi connectivity index (χ3n) is 3.38. The average Bonchev–Trinajstić information content (AvgIpc) is 2.48. The fraction of sp³-hybridized carbons (Fsp3) is 0.118. The maximum atomic E-state index is 10.2. The number of rotatable bonds is 1. The van der Waals surface area contributed by atoms with Gasteiger partial charge in [-0.25, -0.2) is 5.73 Å². The van der Waals surface area contributed by atoms with Crippen LogP contribution >= 0.6 is 0 Å².